The van der Waals surface area contributed by atoms with Gasteiger partial charge in [0.1, 0.15) is 12.1 Å². The van der Waals surface area contributed by atoms with Gasteiger partial charge in [-0.25, -0.2) is 9.97 Å². The van der Waals surface area contributed by atoms with E-state index in [1.807, 2.05) is 11.4 Å². The van der Waals surface area contributed by atoms with Gasteiger partial charge in [-0.15, -0.1) is 11.3 Å². The lowest BCUT2D eigenvalue weighted by Crippen LogP contribution is -2.47. The average molecular weight is 361 g/mol. The van der Waals surface area contributed by atoms with E-state index in [2.05, 4.69) is 14.9 Å². The van der Waals surface area contributed by atoms with Crippen LogP contribution < -0.4 is 4.90 Å². The summed E-state index contributed by atoms with van der Waals surface area (Å²) in [6.45, 7) is 2.19. The highest BCUT2D eigenvalue weighted by molar-refractivity contribution is 7.17. The zero-order chi connectivity index (χ0) is 17.3. The van der Waals surface area contributed by atoms with Crippen LogP contribution in [0.2, 0.25) is 0 Å². The van der Waals surface area contributed by atoms with E-state index in [1.54, 1.807) is 17.7 Å². The van der Waals surface area contributed by atoms with Crippen LogP contribution in [0.1, 0.15) is 38.5 Å². The number of rotatable bonds is 4. The Morgan fingerprint density at radius 2 is 2.20 bits per heavy atom. The molecule has 0 aliphatic carbocycles. The van der Waals surface area contributed by atoms with E-state index in [9.17, 15) is 9.90 Å². The Kier molecular flexibility index (Phi) is 4.60. The van der Waals surface area contributed by atoms with Crippen molar-refractivity contribution >= 4 is 33.3 Å². The lowest BCUT2D eigenvalue weighted by atomic mass is 9.73. The van der Waals surface area contributed by atoms with Crippen LogP contribution in [0.4, 0.5) is 5.82 Å². The van der Waals surface area contributed by atoms with Crippen molar-refractivity contribution in [3.63, 3.8) is 0 Å². The second-order valence-corrected chi connectivity index (χ2v) is 8.01. The summed E-state index contributed by atoms with van der Waals surface area (Å²) in [5.74, 6) is 0.262. The first-order chi connectivity index (χ1) is 12.2. The number of fused-ring (bicyclic) bond motifs is 1. The van der Waals surface area contributed by atoms with Gasteiger partial charge < -0.3 is 14.7 Å². The molecule has 1 N–H and O–H groups in total. The highest BCUT2D eigenvalue weighted by Crippen LogP contribution is 2.41. The van der Waals surface area contributed by atoms with E-state index in [1.165, 1.54) is 0 Å². The van der Waals surface area contributed by atoms with Crippen LogP contribution in [0.25, 0.3) is 10.2 Å². The first kappa shape index (κ1) is 16.7. The summed E-state index contributed by atoms with van der Waals surface area (Å²) < 4.78 is 6.90. The van der Waals surface area contributed by atoms with Crippen molar-refractivity contribution in [3.8, 4) is 0 Å². The molecule has 25 heavy (non-hydrogen) atoms. The Balaban J connectivity index is 1.50. The van der Waals surface area contributed by atoms with Crippen LogP contribution in [-0.4, -0.2) is 46.8 Å². The van der Waals surface area contributed by atoms with E-state index in [4.69, 9.17) is 4.74 Å². The zero-order valence-electron chi connectivity index (χ0n) is 14.2. The summed E-state index contributed by atoms with van der Waals surface area (Å²) in [6, 6.07) is 2.00. The predicted molar refractivity (Wildman–Crippen MR) is 97.1 cm³/mol. The molecule has 2 aliphatic heterocycles. The van der Waals surface area contributed by atoms with Gasteiger partial charge in [0.2, 0.25) is 0 Å². The van der Waals surface area contributed by atoms with Crippen molar-refractivity contribution in [1.82, 2.24) is 9.97 Å². The topological polar surface area (TPSA) is 75.6 Å². The van der Waals surface area contributed by atoms with E-state index < -0.39 is 11.4 Å². The summed E-state index contributed by atoms with van der Waals surface area (Å²) in [5.41, 5.74) is 0.292. The highest BCUT2D eigenvalue weighted by atomic mass is 32.1. The van der Waals surface area contributed by atoms with Gasteiger partial charge in [0.05, 0.1) is 21.7 Å². The number of nitrogens with zero attached hydrogens (tertiary/aromatic N) is 3. The molecule has 2 aliphatic rings. The van der Waals surface area contributed by atoms with Gasteiger partial charge in [-0.3, -0.25) is 4.79 Å². The fourth-order valence-electron chi connectivity index (χ4n) is 4.06. The number of carbonyl (C=O) groups is 1. The van der Waals surface area contributed by atoms with Gasteiger partial charge in [0.25, 0.3) is 0 Å². The van der Waals surface area contributed by atoms with Crippen LogP contribution in [-0.2, 0) is 9.53 Å². The SMILES string of the molecule is O=C(O)C1(C[C@@H]2CCCCO2)CCN(c2ncnc3ccsc23)CC1. The molecule has 6 nitrogen and oxygen atoms in total. The van der Waals surface area contributed by atoms with Gasteiger partial charge in [-0.2, -0.15) is 0 Å². The third kappa shape index (κ3) is 3.22. The first-order valence-electron chi connectivity index (χ1n) is 8.96. The van der Waals surface area contributed by atoms with E-state index >= 15 is 0 Å². The molecule has 0 unspecified atom stereocenters. The maximum atomic E-state index is 12.1. The van der Waals surface area contributed by atoms with Crippen LogP contribution in [0.15, 0.2) is 17.8 Å². The standard InChI is InChI=1S/C18H23N3O3S/c22-17(23)18(11-13-3-1-2-9-24-13)5-7-21(8-6-18)16-15-14(4-10-25-15)19-12-20-16/h4,10,12-13H,1-3,5-9,11H2,(H,22,23)/t13-/m0/s1. The lowest BCUT2D eigenvalue weighted by molar-refractivity contribution is -0.154. The van der Waals surface area contributed by atoms with Crippen molar-refractivity contribution in [2.75, 3.05) is 24.6 Å². The second-order valence-electron chi connectivity index (χ2n) is 7.10. The highest BCUT2D eigenvalue weighted by Gasteiger charge is 2.44. The number of piperidine rings is 1. The summed E-state index contributed by atoms with van der Waals surface area (Å²) in [5, 5.41) is 11.9. The smallest absolute Gasteiger partial charge is 0.309 e. The molecule has 1 atom stereocenters. The summed E-state index contributed by atoms with van der Waals surface area (Å²) in [4.78, 5) is 23.0. The van der Waals surface area contributed by atoms with Crippen molar-refractivity contribution in [2.45, 2.75) is 44.6 Å². The third-order valence-corrected chi connectivity index (χ3v) is 6.49. The van der Waals surface area contributed by atoms with Crippen molar-refractivity contribution in [1.29, 1.82) is 0 Å². The first-order valence-corrected chi connectivity index (χ1v) is 9.84. The molecule has 2 aromatic heterocycles. The Bertz CT molecular complexity index is 749. The van der Waals surface area contributed by atoms with Crippen molar-refractivity contribution in [2.24, 2.45) is 5.41 Å². The molecule has 7 heteroatoms. The van der Waals surface area contributed by atoms with E-state index in [0.717, 1.165) is 41.9 Å². The molecular formula is C18H23N3O3S. The van der Waals surface area contributed by atoms with Crippen LogP contribution in [0, 0.1) is 5.41 Å². The number of carboxylic acids is 1. The van der Waals surface area contributed by atoms with Crippen LogP contribution >= 0.6 is 11.3 Å². The fourth-order valence-corrected chi connectivity index (χ4v) is 4.92. The molecule has 2 saturated heterocycles. The molecule has 0 bridgehead atoms. The zero-order valence-corrected chi connectivity index (χ0v) is 15.0. The van der Waals surface area contributed by atoms with E-state index in [-0.39, 0.29) is 6.10 Å². The third-order valence-electron chi connectivity index (χ3n) is 5.59. The minimum Gasteiger partial charge on any atom is -0.481 e. The summed E-state index contributed by atoms with van der Waals surface area (Å²) in [6.07, 6.45) is 6.82. The van der Waals surface area contributed by atoms with E-state index in [0.29, 0.717) is 32.4 Å². The maximum Gasteiger partial charge on any atom is 0.309 e. The van der Waals surface area contributed by atoms with Crippen molar-refractivity contribution < 1.29 is 14.6 Å². The van der Waals surface area contributed by atoms with Gasteiger partial charge in [-0.1, -0.05) is 0 Å². The number of hydrogen-bond acceptors (Lipinski definition) is 6. The fraction of sp³-hybridized carbons (Fsp3) is 0.611. The molecule has 2 fully saturated rings. The Hall–Kier alpha value is -1.73. The summed E-state index contributed by atoms with van der Waals surface area (Å²) in [7, 11) is 0. The minimum atomic E-state index is -0.676. The van der Waals surface area contributed by atoms with Gasteiger partial charge in [-0.05, 0) is 50.0 Å². The number of hydrogen-bond donors (Lipinski definition) is 1. The van der Waals surface area contributed by atoms with Crippen LogP contribution in [0.3, 0.4) is 0 Å². The second kappa shape index (κ2) is 6.88. The molecule has 4 rings (SSSR count). The van der Waals surface area contributed by atoms with Gasteiger partial charge in [0, 0.05) is 19.7 Å². The molecule has 0 aromatic carbocycles. The molecular weight excluding hydrogens is 338 g/mol. The number of aromatic nitrogens is 2. The average Bonchev–Trinajstić information content (AvgIpc) is 3.12. The molecule has 0 saturated carbocycles. The number of carboxylic acid groups (broad SMARTS) is 1. The molecule has 134 valence electrons. The molecule has 0 amide bonds. The Morgan fingerprint density at radius 1 is 1.36 bits per heavy atom. The Labute approximate surface area is 150 Å². The molecule has 0 spiro atoms. The Morgan fingerprint density at radius 3 is 2.92 bits per heavy atom. The van der Waals surface area contributed by atoms with Crippen LogP contribution in [0.5, 0.6) is 0 Å². The molecule has 0 radical (unpaired) electrons. The number of thiophene rings is 1. The quantitative estimate of drug-likeness (QED) is 0.900. The van der Waals surface area contributed by atoms with Gasteiger partial charge in [0.15, 0.2) is 0 Å². The number of anilines is 1. The number of aliphatic carboxylic acids is 1. The normalized spacial score (nSPS) is 23.7. The number of ether oxygens (including phenoxy) is 1. The van der Waals surface area contributed by atoms with Gasteiger partial charge >= 0.3 is 5.97 Å². The van der Waals surface area contributed by atoms with Crippen molar-refractivity contribution in [3.05, 3.63) is 17.8 Å². The molecule has 4 heterocycles. The minimum absolute atomic E-state index is 0.0967. The molecule has 2 aromatic rings. The summed E-state index contributed by atoms with van der Waals surface area (Å²) >= 11 is 1.64. The predicted octanol–water partition coefficient (Wildman–Crippen LogP) is 3.32. The lowest BCUT2D eigenvalue weighted by Gasteiger charge is -2.41. The maximum absolute atomic E-state index is 12.1. The monoisotopic (exact) mass is 361 g/mol. The largest absolute Gasteiger partial charge is 0.481 e.